The van der Waals surface area contributed by atoms with E-state index in [2.05, 4.69) is 5.32 Å². The first-order valence-corrected chi connectivity index (χ1v) is 5.18. The Labute approximate surface area is 85.6 Å². The number of likely N-dealkylation sites (tertiary alicyclic amines) is 1. The van der Waals surface area contributed by atoms with Gasteiger partial charge >= 0.3 is 0 Å². The van der Waals surface area contributed by atoms with E-state index in [0.717, 1.165) is 25.9 Å². The fourth-order valence-electron chi connectivity index (χ4n) is 1.75. The summed E-state index contributed by atoms with van der Waals surface area (Å²) >= 11 is 0. The minimum Gasteiger partial charge on any atom is -0.372 e. The molecule has 0 aromatic heterocycles. The maximum Gasteiger partial charge on any atom is 0.251 e. The summed E-state index contributed by atoms with van der Waals surface area (Å²) in [5.41, 5.74) is 0. The zero-order valence-corrected chi connectivity index (χ0v) is 9.25. The van der Waals surface area contributed by atoms with Crippen molar-refractivity contribution in [1.29, 1.82) is 0 Å². The minimum atomic E-state index is -0.305. The molecule has 0 spiro atoms. The molecule has 0 bridgehead atoms. The number of piperidine rings is 1. The van der Waals surface area contributed by atoms with Crippen molar-refractivity contribution in [3.05, 3.63) is 0 Å². The standard InChI is InChI=1S/C10H20N2O2/c1-8(14-3)10(13)12-6-4-9(11-2)5-7-12/h8-9,11H,4-7H2,1-3H3. The lowest BCUT2D eigenvalue weighted by Crippen LogP contribution is -2.47. The Hall–Kier alpha value is -0.610. The third kappa shape index (κ3) is 2.69. The number of ether oxygens (including phenoxy) is 1. The summed E-state index contributed by atoms with van der Waals surface area (Å²) in [4.78, 5) is 13.6. The van der Waals surface area contributed by atoms with E-state index in [9.17, 15) is 4.79 Å². The molecule has 1 aliphatic rings. The second-order valence-electron chi connectivity index (χ2n) is 3.77. The first kappa shape index (κ1) is 11.5. The molecule has 0 aromatic rings. The molecule has 1 fully saturated rings. The van der Waals surface area contributed by atoms with E-state index in [4.69, 9.17) is 4.74 Å². The summed E-state index contributed by atoms with van der Waals surface area (Å²) in [7, 11) is 3.54. The second-order valence-corrected chi connectivity index (χ2v) is 3.77. The molecular formula is C10H20N2O2. The van der Waals surface area contributed by atoms with Gasteiger partial charge in [0.2, 0.25) is 0 Å². The molecule has 1 aliphatic heterocycles. The zero-order valence-electron chi connectivity index (χ0n) is 9.25. The highest BCUT2D eigenvalue weighted by molar-refractivity contribution is 5.80. The van der Waals surface area contributed by atoms with Gasteiger partial charge in [-0.3, -0.25) is 4.79 Å². The molecule has 1 rings (SSSR count). The molecule has 0 aliphatic carbocycles. The minimum absolute atomic E-state index is 0.113. The molecule has 1 atom stereocenters. The maximum absolute atomic E-state index is 11.7. The van der Waals surface area contributed by atoms with Crippen LogP contribution in [0.5, 0.6) is 0 Å². The number of methoxy groups -OCH3 is 1. The van der Waals surface area contributed by atoms with Crippen LogP contribution in [0.25, 0.3) is 0 Å². The molecule has 82 valence electrons. The Morgan fingerprint density at radius 2 is 2.07 bits per heavy atom. The molecule has 4 heteroatoms. The van der Waals surface area contributed by atoms with Crippen LogP contribution < -0.4 is 5.32 Å². The molecule has 1 saturated heterocycles. The molecule has 1 heterocycles. The predicted octanol–water partition coefficient (Wildman–Crippen LogP) is 0.232. The van der Waals surface area contributed by atoms with E-state index in [1.807, 2.05) is 11.9 Å². The van der Waals surface area contributed by atoms with E-state index in [0.29, 0.717) is 6.04 Å². The Morgan fingerprint density at radius 1 is 1.50 bits per heavy atom. The Kier molecular flexibility index (Phi) is 4.35. The molecular weight excluding hydrogens is 180 g/mol. The number of nitrogens with one attached hydrogen (secondary N) is 1. The number of amides is 1. The van der Waals surface area contributed by atoms with Crippen LogP contribution in [-0.2, 0) is 9.53 Å². The highest BCUT2D eigenvalue weighted by Gasteiger charge is 2.24. The first-order valence-electron chi connectivity index (χ1n) is 5.18. The number of carbonyl (C=O) groups is 1. The lowest BCUT2D eigenvalue weighted by atomic mass is 10.0. The van der Waals surface area contributed by atoms with Crippen molar-refractivity contribution in [2.45, 2.75) is 31.9 Å². The number of nitrogens with zero attached hydrogens (tertiary/aromatic N) is 1. The Balaban J connectivity index is 2.37. The van der Waals surface area contributed by atoms with E-state index < -0.39 is 0 Å². The zero-order chi connectivity index (χ0) is 10.6. The number of rotatable bonds is 3. The van der Waals surface area contributed by atoms with Crippen LogP contribution >= 0.6 is 0 Å². The smallest absolute Gasteiger partial charge is 0.251 e. The summed E-state index contributed by atoms with van der Waals surface area (Å²) in [5, 5.41) is 3.24. The van der Waals surface area contributed by atoms with E-state index in [-0.39, 0.29) is 12.0 Å². The quantitative estimate of drug-likeness (QED) is 0.709. The molecule has 0 aromatic carbocycles. The van der Waals surface area contributed by atoms with Crippen molar-refractivity contribution in [3.63, 3.8) is 0 Å². The van der Waals surface area contributed by atoms with Crippen LogP contribution in [0, 0.1) is 0 Å². The summed E-state index contributed by atoms with van der Waals surface area (Å²) in [5.74, 6) is 0.113. The van der Waals surface area contributed by atoms with Crippen molar-refractivity contribution in [1.82, 2.24) is 10.2 Å². The van der Waals surface area contributed by atoms with Crippen LogP contribution in [0.15, 0.2) is 0 Å². The lowest BCUT2D eigenvalue weighted by Gasteiger charge is -2.33. The lowest BCUT2D eigenvalue weighted by molar-refractivity contribution is -0.142. The van der Waals surface area contributed by atoms with Gasteiger partial charge in [-0.1, -0.05) is 0 Å². The summed E-state index contributed by atoms with van der Waals surface area (Å²) < 4.78 is 5.01. The van der Waals surface area contributed by atoms with Crippen molar-refractivity contribution in [2.75, 3.05) is 27.2 Å². The molecule has 4 nitrogen and oxygen atoms in total. The van der Waals surface area contributed by atoms with Gasteiger partial charge in [0.05, 0.1) is 0 Å². The van der Waals surface area contributed by atoms with Crippen LogP contribution in [-0.4, -0.2) is 50.2 Å². The van der Waals surface area contributed by atoms with E-state index in [1.54, 1.807) is 14.0 Å². The highest BCUT2D eigenvalue weighted by Crippen LogP contribution is 2.11. The Morgan fingerprint density at radius 3 is 2.50 bits per heavy atom. The van der Waals surface area contributed by atoms with Crippen molar-refractivity contribution in [2.24, 2.45) is 0 Å². The number of carbonyl (C=O) groups excluding carboxylic acids is 1. The van der Waals surface area contributed by atoms with Crippen LogP contribution in [0.4, 0.5) is 0 Å². The van der Waals surface area contributed by atoms with Crippen molar-refractivity contribution in [3.8, 4) is 0 Å². The average Bonchev–Trinajstić information content (AvgIpc) is 2.27. The van der Waals surface area contributed by atoms with E-state index >= 15 is 0 Å². The van der Waals surface area contributed by atoms with Crippen molar-refractivity contribution < 1.29 is 9.53 Å². The molecule has 0 saturated carbocycles. The fourth-order valence-corrected chi connectivity index (χ4v) is 1.75. The van der Waals surface area contributed by atoms with E-state index in [1.165, 1.54) is 0 Å². The number of hydrogen-bond donors (Lipinski definition) is 1. The summed E-state index contributed by atoms with van der Waals surface area (Å²) in [6.45, 7) is 3.49. The molecule has 1 amide bonds. The third-order valence-corrected chi connectivity index (χ3v) is 2.92. The van der Waals surface area contributed by atoms with Gasteiger partial charge in [0.15, 0.2) is 0 Å². The SMILES string of the molecule is CNC1CCN(C(=O)C(C)OC)CC1. The first-order chi connectivity index (χ1) is 6.69. The van der Waals surface area contributed by atoms with Crippen LogP contribution in [0.1, 0.15) is 19.8 Å². The normalized spacial score (nSPS) is 20.9. The largest absolute Gasteiger partial charge is 0.372 e. The van der Waals surface area contributed by atoms with Crippen LogP contribution in [0.2, 0.25) is 0 Å². The molecule has 1 unspecified atom stereocenters. The highest BCUT2D eigenvalue weighted by atomic mass is 16.5. The molecule has 0 radical (unpaired) electrons. The molecule has 1 N–H and O–H groups in total. The fraction of sp³-hybridized carbons (Fsp3) is 0.900. The topological polar surface area (TPSA) is 41.6 Å². The van der Waals surface area contributed by atoms with Gasteiger partial charge in [-0.05, 0) is 26.8 Å². The maximum atomic E-state index is 11.7. The molecule has 14 heavy (non-hydrogen) atoms. The predicted molar refractivity (Wildman–Crippen MR) is 55.1 cm³/mol. The van der Waals surface area contributed by atoms with Gasteiger partial charge < -0.3 is 15.0 Å². The summed E-state index contributed by atoms with van der Waals surface area (Å²) in [6, 6.07) is 0.567. The Bertz CT molecular complexity index is 189. The second kappa shape index (κ2) is 5.32. The monoisotopic (exact) mass is 200 g/mol. The van der Waals surface area contributed by atoms with Gasteiger partial charge in [-0.15, -0.1) is 0 Å². The van der Waals surface area contributed by atoms with Gasteiger partial charge in [0, 0.05) is 26.2 Å². The van der Waals surface area contributed by atoms with Gasteiger partial charge in [-0.25, -0.2) is 0 Å². The third-order valence-electron chi connectivity index (χ3n) is 2.92. The van der Waals surface area contributed by atoms with Gasteiger partial charge in [0.1, 0.15) is 6.10 Å². The summed E-state index contributed by atoms with van der Waals surface area (Å²) in [6.07, 6.45) is 1.78. The van der Waals surface area contributed by atoms with Gasteiger partial charge in [0.25, 0.3) is 5.91 Å². The van der Waals surface area contributed by atoms with Crippen molar-refractivity contribution >= 4 is 5.91 Å². The van der Waals surface area contributed by atoms with Gasteiger partial charge in [-0.2, -0.15) is 0 Å². The number of hydrogen-bond acceptors (Lipinski definition) is 3. The van der Waals surface area contributed by atoms with Crippen LogP contribution in [0.3, 0.4) is 0 Å². The average molecular weight is 200 g/mol.